The summed E-state index contributed by atoms with van der Waals surface area (Å²) in [5, 5.41) is 9.38. The lowest BCUT2D eigenvalue weighted by atomic mass is 10.1. The van der Waals surface area contributed by atoms with Crippen LogP contribution in [-0.4, -0.2) is 28.8 Å². The predicted octanol–water partition coefficient (Wildman–Crippen LogP) is 4.47. The molecular weight excluding hydrogens is 400 g/mol. The van der Waals surface area contributed by atoms with Gasteiger partial charge in [0.25, 0.3) is 0 Å². The summed E-state index contributed by atoms with van der Waals surface area (Å²) in [6, 6.07) is 7.55. The van der Waals surface area contributed by atoms with Crippen LogP contribution in [0, 0.1) is 0 Å². The number of esters is 1. The number of amides is 1. The molecular formula is C19H18N2O3S3. The molecule has 2 N–H and O–H groups in total. The molecule has 0 saturated heterocycles. The quantitative estimate of drug-likeness (QED) is 0.424. The van der Waals surface area contributed by atoms with E-state index < -0.39 is 5.97 Å². The van der Waals surface area contributed by atoms with Crippen molar-refractivity contribution in [3.63, 3.8) is 0 Å². The number of nitrogens with one attached hydrogen (secondary N) is 2. The van der Waals surface area contributed by atoms with Crippen molar-refractivity contribution in [3.8, 4) is 0 Å². The van der Waals surface area contributed by atoms with Gasteiger partial charge in [-0.2, -0.15) is 0 Å². The van der Waals surface area contributed by atoms with Gasteiger partial charge in [-0.15, -0.1) is 23.1 Å². The molecule has 140 valence electrons. The second-order valence-corrected chi connectivity index (χ2v) is 8.22. The number of ether oxygens (including phenoxy) is 1. The second-order valence-electron chi connectivity index (χ2n) is 5.61. The number of hydrogen-bond acceptors (Lipinski definition) is 6. The van der Waals surface area contributed by atoms with E-state index in [4.69, 9.17) is 17.0 Å². The minimum Gasteiger partial charge on any atom is -0.462 e. The number of rotatable bonds is 5. The fraction of sp³-hybridized carbons (Fsp3) is 0.211. The smallest absolute Gasteiger partial charge is 0.341 e. The maximum atomic E-state index is 12.4. The van der Waals surface area contributed by atoms with Crippen molar-refractivity contribution >= 4 is 67.4 Å². The minimum absolute atomic E-state index is 0.138. The zero-order valence-electron chi connectivity index (χ0n) is 14.6. The zero-order chi connectivity index (χ0) is 19.2. The molecule has 1 amide bonds. The Labute approximate surface area is 170 Å². The molecule has 2 aromatic rings. The summed E-state index contributed by atoms with van der Waals surface area (Å²) in [4.78, 5) is 24.4. The summed E-state index contributed by atoms with van der Waals surface area (Å²) in [6.45, 7) is 2.04. The molecule has 0 fully saturated rings. The number of hydrogen-bond donors (Lipinski definition) is 2. The fourth-order valence-corrected chi connectivity index (χ4v) is 4.73. The first-order valence-electron chi connectivity index (χ1n) is 8.37. The topological polar surface area (TPSA) is 67.4 Å². The molecule has 1 aromatic heterocycles. The van der Waals surface area contributed by atoms with Crippen LogP contribution in [0.5, 0.6) is 0 Å². The van der Waals surface area contributed by atoms with Crippen molar-refractivity contribution in [2.45, 2.75) is 18.6 Å². The maximum absolute atomic E-state index is 12.4. The average Bonchev–Trinajstić information content (AvgIpc) is 3.27. The summed E-state index contributed by atoms with van der Waals surface area (Å²) in [7, 11) is 0. The summed E-state index contributed by atoms with van der Waals surface area (Å²) in [5.74, 6) is -0.726. The van der Waals surface area contributed by atoms with E-state index >= 15 is 0 Å². The van der Waals surface area contributed by atoms with E-state index in [-0.39, 0.29) is 22.9 Å². The number of carbonyl (C=O) groups excluding carboxylic acids is 2. The van der Waals surface area contributed by atoms with Crippen molar-refractivity contribution < 1.29 is 14.3 Å². The minimum atomic E-state index is -0.419. The number of thiocarbonyl (C=S) groups is 1. The van der Waals surface area contributed by atoms with Gasteiger partial charge < -0.3 is 10.1 Å². The van der Waals surface area contributed by atoms with Crippen molar-refractivity contribution in [1.29, 1.82) is 0 Å². The molecule has 2 heterocycles. The van der Waals surface area contributed by atoms with Crippen LogP contribution in [0.3, 0.4) is 0 Å². The fourth-order valence-electron chi connectivity index (χ4n) is 2.55. The zero-order valence-corrected chi connectivity index (χ0v) is 17.0. The number of thioether (sulfide) groups is 1. The number of anilines is 1. The van der Waals surface area contributed by atoms with E-state index in [2.05, 4.69) is 16.7 Å². The van der Waals surface area contributed by atoms with Gasteiger partial charge in [-0.1, -0.05) is 30.4 Å². The molecule has 1 aliphatic rings. The highest BCUT2D eigenvalue weighted by atomic mass is 32.2. The molecule has 1 atom stereocenters. The van der Waals surface area contributed by atoms with Gasteiger partial charge in [0.1, 0.15) is 10.6 Å². The standard InChI is InChI=1S/C19H18N2O3S3/c1-2-24-18(23)16-13-7-3-4-8-14(13)27-17(16)21-19(25)20-15(22)10-9-12-6-5-11-26-12/h3-5,7-12H,2,6H2,1H3,(H2,20,21,22,25)/b10-9+/t12-/m0/s1. The Kier molecular flexibility index (Phi) is 6.65. The average molecular weight is 419 g/mol. The molecule has 0 radical (unpaired) electrons. The van der Waals surface area contributed by atoms with Crippen LogP contribution in [0.15, 0.2) is 47.9 Å². The first-order valence-corrected chi connectivity index (χ1v) is 10.5. The van der Waals surface area contributed by atoms with E-state index in [1.165, 1.54) is 17.4 Å². The van der Waals surface area contributed by atoms with Gasteiger partial charge in [-0.05, 0) is 37.0 Å². The molecule has 0 unspecified atom stereocenters. The van der Waals surface area contributed by atoms with Crippen LogP contribution >= 0.6 is 35.3 Å². The van der Waals surface area contributed by atoms with Crippen molar-refractivity contribution in [2.24, 2.45) is 0 Å². The molecule has 1 aromatic carbocycles. The Morgan fingerprint density at radius 2 is 2.19 bits per heavy atom. The van der Waals surface area contributed by atoms with Gasteiger partial charge in [0.15, 0.2) is 5.11 Å². The Morgan fingerprint density at radius 1 is 1.37 bits per heavy atom. The highest BCUT2D eigenvalue weighted by Gasteiger charge is 2.21. The third kappa shape index (κ3) is 4.97. The van der Waals surface area contributed by atoms with Gasteiger partial charge in [-0.25, -0.2) is 4.79 Å². The van der Waals surface area contributed by atoms with E-state index in [9.17, 15) is 9.59 Å². The lowest BCUT2D eigenvalue weighted by molar-refractivity contribution is -0.115. The SMILES string of the molecule is CCOC(=O)c1c(NC(=S)NC(=O)/C=C/[C@@H]2CC=CS2)sc2ccccc12. The van der Waals surface area contributed by atoms with Crippen LogP contribution in [-0.2, 0) is 9.53 Å². The molecule has 5 nitrogen and oxygen atoms in total. The molecule has 3 rings (SSSR count). The molecule has 0 spiro atoms. The molecule has 1 aliphatic heterocycles. The van der Waals surface area contributed by atoms with Gasteiger partial charge in [0, 0.05) is 21.4 Å². The summed E-state index contributed by atoms with van der Waals surface area (Å²) >= 11 is 8.30. The van der Waals surface area contributed by atoms with E-state index in [0.29, 0.717) is 10.6 Å². The number of carbonyl (C=O) groups is 2. The Hall–Kier alpha value is -2.16. The van der Waals surface area contributed by atoms with Gasteiger partial charge in [-0.3, -0.25) is 10.1 Å². The van der Waals surface area contributed by atoms with E-state index in [0.717, 1.165) is 16.5 Å². The Bertz CT molecular complexity index is 925. The highest BCUT2D eigenvalue weighted by Crippen LogP contribution is 2.36. The summed E-state index contributed by atoms with van der Waals surface area (Å²) in [6.07, 6.45) is 6.33. The first kappa shape index (κ1) is 19.6. The largest absolute Gasteiger partial charge is 0.462 e. The molecule has 0 bridgehead atoms. The van der Waals surface area contributed by atoms with Crippen LogP contribution in [0.25, 0.3) is 10.1 Å². The van der Waals surface area contributed by atoms with Gasteiger partial charge in [0.05, 0.1) is 6.61 Å². The number of benzene rings is 1. The number of fused-ring (bicyclic) bond motifs is 1. The van der Waals surface area contributed by atoms with E-state index in [1.807, 2.05) is 35.7 Å². The van der Waals surface area contributed by atoms with Gasteiger partial charge >= 0.3 is 5.97 Å². The van der Waals surface area contributed by atoms with Crippen molar-refractivity contribution in [1.82, 2.24) is 5.32 Å². The monoisotopic (exact) mass is 418 g/mol. The van der Waals surface area contributed by atoms with Crippen LogP contribution in [0.1, 0.15) is 23.7 Å². The van der Waals surface area contributed by atoms with Crippen LogP contribution < -0.4 is 10.6 Å². The maximum Gasteiger partial charge on any atom is 0.341 e. The Morgan fingerprint density at radius 3 is 2.93 bits per heavy atom. The van der Waals surface area contributed by atoms with E-state index in [1.54, 1.807) is 18.7 Å². The second kappa shape index (κ2) is 9.16. The Balaban J connectivity index is 1.71. The summed E-state index contributed by atoms with van der Waals surface area (Å²) in [5.41, 5.74) is 0.429. The highest BCUT2D eigenvalue weighted by molar-refractivity contribution is 8.03. The third-order valence-corrected chi connectivity index (χ3v) is 6.06. The molecule has 0 saturated carbocycles. The lowest BCUT2D eigenvalue weighted by Gasteiger charge is -2.09. The lowest BCUT2D eigenvalue weighted by Crippen LogP contribution is -2.33. The molecule has 8 heteroatoms. The summed E-state index contributed by atoms with van der Waals surface area (Å²) < 4.78 is 6.10. The normalized spacial score (nSPS) is 16.0. The van der Waals surface area contributed by atoms with Crippen molar-refractivity contribution in [3.05, 3.63) is 53.5 Å². The number of thiophene rings is 1. The first-order chi connectivity index (χ1) is 13.1. The van der Waals surface area contributed by atoms with Crippen LogP contribution in [0.4, 0.5) is 5.00 Å². The van der Waals surface area contributed by atoms with Crippen molar-refractivity contribution in [2.75, 3.05) is 11.9 Å². The van der Waals surface area contributed by atoms with Crippen LogP contribution in [0.2, 0.25) is 0 Å². The molecule has 0 aliphatic carbocycles. The van der Waals surface area contributed by atoms with Gasteiger partial charge in [0.2, 0.25) is 5.91 Å². The third-order valence-electron chi connectivity index (χ3n) is 3.72. The number of allylic oxidation sites excluding steroid dienone is 1. The predicted molar refractivity (Wildman–Crippen MR) is 116 cm³/mol. The molecule has 27 heavy (non-hydrogen) atoms.